The number of H-pyrrole nitrogens is 1. The Morgan fingerprint density at radius 3 is 3.09 bits per heavy atom. The topological polar surface area (TPSA) is 100 Å². The second-order valence-corrected chi connectivity index (χ2v) is 4.87. The zero-order valence-electron chi connectivity index (χ0n) is 13.6. The normalized spacial score (nSPS) is 11.7. The van der Waals surface area contributed by atoms with E-state index in [1.54, 1.807) is 13.4 Å². The molecule has 0 aromatic carbocycles. The summed E-state index contributed by atoms with van der Waals surface area (Å²) in [6, 6.07) is 3.65. The number of guanidine groups is 1. The van der Waals surface area contributed by atoms with Crippen LogP contribution in [0.5, 0.6) is 0 Å². The highest BCUT2D eigenvalue weighted by molar-refractivity contribution is 5.79. The van der Waals surface area contributed by atoms with Gasteiger partial charge in [-0.15, -0.1) is 0 Å². The number of methoxy groups -OCH3 is 1. The van der Waals surface area contributed by atoms with Crippen LogP contribution in [-0.2, 0) is 11.2 Å². The summed E-state index contributed by atoms with van der Waals surface area (Å²) in [7, 11) is 1.70. The third-order valence-electron chi connectivity index (χ3n) is 3.05. The number of aliphatic imine (C=N–C) groups is 1. The maximum atomic E-state index is 5.27. The van der Waals surface area contributed by atoms with Crippen molar-refractivity contribution in [1.82, 2.24) is 25.8 Å². The van der Waals surface area contributed by atoms with E-state index in [9.17, 15) is 0 Å². The van der Waals surface area contributed by atoms with Crippen molar-refractivity contribution in [3.63, 3.8) is 0 Å². The lowest BCUT2D eigenvalue weighted by atomic mass is 10.4. The lowest BCUT2D eigenvalue weighted by molar-refractivity contribution is 0.197. The molecule has 2 heterocycles. The maximum absolute atomic E-state index is 5.27. The fourth-order valence-electron chi connectivity index (χ4n) is 1.96. The molecule has 0 aliphatic heterocycles. The molecule has 0 saturated heterocycles. The van der Waals surface area contributed by atoms with Gasteiger partial charge in [0.05, 0.1) is 6.26 Å². The Morgan fingerprint density at radius 1 is 1.43 bits per heavy atom. The molecule has 23 heavy (non-hydrogen) atoms. The van der Waals surface area contributed by atoms with Crippen molar-refractivity contribution in [1.29, 1.82) is 0 Å². The Morgan fingerprint density at radius 2 is 2.35 bits per heavy atom. The molecule has 0 aliphatic carbocycles. The van der Waals surface area contributed by atoms with Crippen molar-refractivity contribution in [2.24, 2.45) is 4.99 Å². The number of nitrogens with zero attached hydrogens (tertiary/aromatic N) is 3. The van der Waals surface area contributed by atoms with E-state index in [2.05, 4.69) is 30.8 Å². The average molecular weight is 320 g/mol. The van der Waals surface area contributed by atoms with E-state index in [1.807, 2.05) is 19.1 Å². The van der Waals surface area contributed by atoms with E-state index < -0.39 is 0 Å². The zero-order chi connectivity index (χ0) is 16.3. The first kappa shape index (κ1) is 17.0. The summed E-state index contributed by atoms with van der Waals surface area (Å²) in [5.74, 6) is 2.84. The first-order valence-corrected chi connectivity index (χ1v) is 7.79. The number of furan rings is 1. The minimum absolute atomic E-state index is 0.574. The van der Waals surface area contributed by atoms with Crippen LogP contribution in [0.15, 0.2) is 27.8 Å². The predicted octanol–water partition coefficient (Wildman–Crippen LogP) is 1.20. The summed E-state index contributed by atoms with van der Waals surface area (Å²) in [4.78, 5) is 8.89. The van der Waals surface area contributed by atoms with Crippen LogP contribution in [0, 0.1) is 0 Å². The largest absolute Gasteiger partial charge is 0.461 e. The van der Waals surface area contributed by atoms with E-state index in [1.165, 1.54) is 0 Å². The molecule has 0 unspecified atom stereocenters. The van der Waals surface area contributed by atoms with Gasteiger partial charge in [-0.2, -0.15) is 5.10 Å². The van der Waals surface area contributed by atoms with Gasteiger partial charge in [0.1, 0.15) is 5.82 Å². The summed E-state index contributed by atoms with van der Waals surface area (Å²) >= 11 is 0. The molecule has 0 aliphatic rings. The Labute approximate surface area is 135 Å². The van der Waals surface area contributed by atoms with Crippen LogP contribution < -0.4 is 10.6 Å². The third kappa shape index (κ3) is 5.74. The van der Waals surface area contributed by atoms with Crippen LogP contribution in [0.4, 0.5) is 0 Å². The van der Waals surface area contributed by atoms with Gasteiger partial charge in [-0.25, -0.2) is 4.98 Å². The Bertz CT molecular complexity index is 579. The monoisotopic (exact) mass is 320 g/mol. The third-order valence-corrected chi connectivity index (χ3v) is 3.05. The van der Waals surface area contributed by atoms with Gasteiger partial charge in [-0.1, -0.05) is 0 Å². The number of hydrogen-bond donors (Lipinski definition) is 3. The van der Waals surface area contributed by atoms with Crippen molar-refractivity contribution >= 4 is 5.96 Å². The number of rotatable bonds is 9. The zero-order valence-corrected chi connectivity index (χ0v) is 13.6. The van der Waals surface area contributed by atoms with E-state index in [0.717, 1.165) is 44.3 Å². The molecule has 0 radical (unpaired) electrons. The van der Waals surface area contributed by atoms with Gasteiger partial charge in [0.25, 0.3) is 0 Å². The molecule has 2 aromatic heterocycles. The molecular weight excluding hydrogens is 296 g/mol. The lowest BCUT2D eigenvalue weighted by Gasteiger charge is -2.10. The molecule has 0 atom stereocenters. The second kappa shape index (κ2) is 9.62. The van der Waals surface area contributed by atoms with Crippen molar-refractivity contribution in [2.75, 3.05) is 33.4 Å². The minimum atomic E-state index is 0.574. The molecule has 0 fully saturated rings. The van der Waals surface area contributed by atoms with E-state index in [4.69, 9.17) is 9.15 Å². The number of hydrogen-bond acceptors (Lipinski definition) is 5. The van der Waals surface area contributed by atoms with E-state index in [-0.39, 0.29) is 0 Å². The number of nitrogens with one attached hydrogen (secondary N) is 3. The summed E-state index contributed by atoms with van der Waals surface area (Å²) in [6.07, 6.45) is 3.23. The molecule has 2 aromatic rings. The first-order chi connectivity index (χ1) is 11.3. The standard InChI is InChI=1S/C15H24N6O2/c1-3-16-15(17-8-5-10-22-2)18-9-7-13-19-14(21-20-13)12-6-4-11-23-12/h4,6,11H,3,5,7-10H2,1-2H3,(H2,16,17,18)(H,19,20,21). The summed E-state index contributed by atoms with van der Waals surface area (Å²) < 4.78 is 10.3. The molecule has 8 heteroatoms. The first-order valence-electron chi connectivity index (χ1n) is 7.79. The molecule has 0 bridgehead atoms. The smallest absolute Gasteiger partial charge is 0.216 e. The van der Waals surface area contributed by atoms with Gasteiger partial charge in [0.15, 0.2) is 11.7 Å². The van der Waals surface area contributed by atoms with Gasteiger partial charge >= 0.3 is 0 Å². The Kier molecular flexibility index (Phi) is 7.12. The fraction of sp³-hybridized carbons (Fsp3) is 0.533. The van der Waals surface area contributed by atoms with Gasteiger partial charge in [0, 0.05) is 39.8 Å². The van der Waals surface area contributed by atoms with E-state index >= 15 is 0 Å². The minimum Gasteiger partial charge on any atom is -0.461 e. The number of ether oxygens (including phenoxy) is 1. The lowest BCUT2D eigenvalue weighted by Crippen LogP contribution is -2.38. The van der Waals surface area contributed by atoms with Crippen molar-refractivity contribution < 1.29 is 9.15 Å². The maximum Gasteiger partial charge on any atom is 0.216 e. The van der Waals surface area contributed by atoms with Crippen LogP contribution in [0.25, 0.3) is 11.6 Å². The quantitative estimate of drug-likeness (QED) is 0.365. The molecule has 8 nitrogen and oxygen atoms in total. The van der Waals surface area contributed by atoms with Crippen LogP contribution in [0.1, 0.15) is 19.2 Å². The molecule has 3 N–H and O–H groups in total. The highest BCUT2D eigenvalue weighted by Crippen LogP contribution is 2.14. The van der Waals surface area contributed by atoms with Gasteiger partial charge in [-0.05, 0) is 25.5 Å². The predicted molar refractivity (Wildman–Crippen MR) is 88.3 cm³/mol. The highest BCUT2D eigenvalue weighted by atomic mass is 16.5. The SMILES string of the molecule is CCNC(=NCCCOC)NCCc1nc(-c2ccco2)n[nH]1. The summed E-state index contributed by atoms with van der Waals surface area (Å²) in [5, 5.41) is 13.6. The number of aromatic nitrogens is 3. The van der Waals surface area contributed by atoms with Crippen molar-refractivity contribution in [2.45, 2.75) is 19.8 Å². The number of aromatic amines is 1. The van der Waals surface area contributed by atoms with Crippen LogP contribution in [0.2, 0.25) is 0 Å². The Hall–Kier alpha value is -2.35. The molecular formula is C15H24N6O2. The summed E-state index contributed by atoms with van der Waals surface area (Å²) in [5.41, 5.74) is 0. The highest BCUT2D eigenvalue weighted by Gasteiger charge is 2.08. The van der Waals surface area contributed by atoms with Crippen LogP contribution in [-0.4, -0.2) is 54.5 Å². The fourth-order valence-corrected chi connectivity index (χ4v) is 1.96. The Balaban J connectivity index is 1.77. The second-order valence-electron chi connectivity index (χ2n) is 4.87. The van der Waals surface area contributed by atoms with Gasteiger partial charge < -0.3 is 19.8 Å². The van der Waals surface area contributed by atoms with E-state index in [0.29, 0.717) is 18.1 Å². The van der Waals surface area contributed by atoms with Crippen LogP contribution in [0.3, 0.4) is 0 Å². The van der Waals surface area contributed by atoms with Crippen molar-refractivity contribution in [3.8, 4) is 11.6 Å². The van der Waals surface area contributed by atoms with Gasteiger partial charge in [-0.3, -0.25) is 10.1 Å². The summed E-state index contributed by atoms with van der Waals surface area (Å²) in [6.45, 7) is 5.02. The molecule has 0 amide bonds. The molecule has 126 valence electrons. The van der Waals surface area contributed by atoms with Crippen molar-refractivity contribution in [3.05, 3.63) is 24.2 Å². The molecule has 2 rings (SSSR count). The molecule has 0 saturated carbocycles. The van der Waals surface area contributed by atoms with Gasteiger partial charge in [0.2, 0.25) is 5.82 Å². The van der Waals surface area contributed by atoms with Crippen LogP contribution >= 0.6 is 0 Å². The molecule has 0 spiro atoms. The average Bonchev–Trinajstić information content (AvgIpc) is 3.22.